The minimum absolute atomic E-state index is 0.0831. The van der Waals surface area contributed by atoms with Crippen molar-refractivity contribution >= 4 is 40.3 Å². The lowest BCUT2D eigenvalue weighted by Gasteiger charge is -2.19. The average molecular weight is 588 g/mol. The number of alkyl carbamates (subject to hydrolysis) is 1. The summed E-state index contributed by atoms with van der Waals surface area (Å²) < 4.78 is 21.6. The molecule has 0 spiro atoms. The van der Waals surface area contributed by atoms with Gasteiger partial charge < -0.3 is 34.6 Å². The van der Waals surface area contributed by atoms with Crippen molar-refractivity contribution in [1.82, 2.24) is 5.32 Å². The van der Waals surface area contributed by atoms with Crippen LogP contribution in [0.1, 0.15) is 47.2 Å². The van der Waals surface area contributed by atoms with Gasteiger partial charge in [0, 0.05) is 24.4 Å². The smallest absolute Gasteiger partial charge is 0.407 e. The van der Waals surface area contributed by atoms with Crippen LogP contribution in [0.5, 0.6) is 11.5 Å². The summed E-state index contributed by atoms with van der Waals surface area (Å²) in [6.45, 7) is 5.76. The second kappa shape index (κ2) is 13.1. The third-order valence-electron chi connectivity index (χ3n) is 6.17. The van der Waals surface area contributed by atoms with Crippen LogP contribution in [0.25, 0.3) is 11.0 Å². The first-order valence-corrected chi connectivity index (χ1v) is 13.4. The van der Waals surface area contributed by atoms with E-state index in [1.165, 1.54) is 26.4 Å². The van der Waals surface area contributed by atoms with Gasteiger partial charge in [-0.05, 0) is 63.1 Å². The summed E-state index contributed by atoms with van der Waals surface area (Å²) in [7, 11) is 2.86. The van der Waals surface area contributed by atoms with E-state index in [2.05, 4.69) is 16.0 Å². The number of hydrogen-bond acceptors (Lipinski definition) is 8. The largest absolute Gasteiger partial charge is 0.493 e. The van der Waals surface area contributed by atoms with Gasteiger partial charge in [-0.2, -0.15) is 0 Å². The Labute approximate surface area is 248 Å². The maximum Gasteiger partial charge on any atom is 0.407 e. The van der Waals surface area contributed by atoms with Gasteiger partial charge in [-0.3, -0.25) is 14.4 Å². The Morgan fingerprint density at radius 3 is 2.19 bits per heavy atom. The van der Waals surface area contributed by atoms with Crippen LogP contribution < -0.4 is 30.9 Å². The zero-order valence-corrected chi connectivity index (χ0v) is 24.5. The summed E-state index contributed by atoms with van der Waals surface area (Å²) in [5, 5.41) is 8.52. The molecule has 0 fully saturated rings. The summed E-state index contributed by atoms with van der Waals surface area (Å²) in [6.07, 6.45) is 0.0708. The molecule has 0 aliphatic heterocycles. The van der Waals surface area contributed by atoms with E-state index >= 15 is 0 Å². The molecule has 3 N–H and O–H groups in total. The predicted molar refractivity (Wildman–Crippen MR) is 162 cm³/mol. The van der Waals surface area contributed by atoms with Gasteiger partial charge in [-0.15, -0.1) is 0 Å². The molecule has 4 aromatic rings. The highest BCUT2D eigenvalue weighted by molar-refractivity contribution is 6.12. The first-order valence-electron chi connectivity index (χ1n) is 13.4. The van der Waals surface area contributed by atoms with Crippen LogP contribution in [0, 0.1) is 0 Å². The van der Waals surface area contributed by atoms with Gasteiger partial charge in [0.25, 0.3) is 11.8 Å². The van der Waals surface area contributed by atoms with Crippen molar-refractivity contribution in [1.29, 1.82) is 0 Å². The summed E-state index contributed by atoms with van der Waals surface area (Å²) in [5.74, 6) is -0.931. The van der Waals surface area contributed by atoms with Crippen LogP contribution in [-0.4, -0.2) is 44.3 Å². The molecule has 11 heteroatoms. The molecule has 0 saturated heterocycles. The second-order valence-electron chi connectivity index (χ2n) is 10.5. The van der Waals surface area contributed by atoms with Gasteiger partial charge in [0.1, 0.15) is 11.2 Å². The monoisotopic (exact) mass is 587 g/mol. The second-order valence-corrected chi connectivity index (χ2v) is 10.5. The molecule has 11 nitrogen and oxygen atoms in total. The van der Waals surface area contributed by atoms with Crippen molar-refractivity contribution in [2.45, 2.75) is 32.8 Å². The quantitative estimate of drug-likeness (QED) is 0.237. The Balaban J connectivity index is 1.50. The topological polar surface area (TPSA) is 145 Å². The van der Waals surface area contributed by atoms with Crippen molar-refractivity contribution in [3.8, 4) is 11.5 Å². The Morgan fingerprint density at radius 2 is 1.51 bits per heavy atom. The van der Waals surface area contributed by atoms with E-state index in [4.69, 9.17) is 18.6 Å². The third kappa shape index (κ3) is 7.91. The van der Waals surface area contributed by atoms with Crippen molar-refractivity contribution in [3.63, 3.8) is 0 Å². The molecule has 1 heterocycles. The Bertz CT molecular complexity index is 1710. The number of rotatable bonds is 9. The normalized spacial score (nSPS) is 11.0. The predicted octanol–water partition coefficient (Wildman–Crippen LogP) is 5.38. The number of amides is 3. The average Bonchev–Trinajstić information content (AvgIpc) is 2.96. The zero-order chi connectivity index (χ0) is 31.1. The maximum atomic E-state index is 13.4. The number of anilines is 2. The fourth-order valence-corrected chi connectivity index (χ4v) is 4.15. The summed E-state index contributed by atoms with van der Waals surface area (Å²) in [4.78, 5) is 50.9. The van der Waals surface area contributed by atoms with E-state index in [9.17, 15) is 19.2 Å². The van der Waals surface area contributed by atoms with Crippen LogP contribution in [0.2, 0.25) is 0 Å². The third-order valence-corrected chi connectivity index (χ3v) is 6.17. The molecule has 3 aromatic carbocycles. The zero-order valence-electron chi connectivity index (χ0n) is 24.5. The van der Waals surface area contributed by atoms with Crippen molar-refractivity contribution in [2.75, 3.05) is 31.4 Å². The molecule has 43 heavy (non-hydrogen) atoms. The van der Waals surface area contributed by atoms with Crippen LogP contribution in [-0.2, 0) is 11.2 Å². The number of methoxy groups -OCH3 is 2. The van der Waals surface area contributed by atoms with Crippen LogP contribution >= 0.6 is 0 Å². The number of para-hydroxylation sites is 1. The molecule has 0 atom stereocenters. The molecule has 224 valence electrons. The highest BCUT2D eigenvalue weighted by Gasteiger charge is 2.21. The lowest BCUT2D eigenvalue weighted by Crippen LogP contribution is -2.33. The highest BCUT2D eigenvalue weighted by Crippen LogP contribution is 2.34. The molecule has 4 rings (SSSR count). The van der Waals surface area contributed by atoms with Gasteiger partial charge in [0.05, 0.1) is 30.9 Å². The van der Waals surface area contributed by atoms with Crippen molar-refractivity contribution < 1.29 is 33.0 Å². The molecule has 1 aromatic heterocycles. The fourth-order valence-electron chi connectivity index (χ4n) is 4.15. The SMILES string of the molecule is COc1cc(NC(=O)c2cc(=O)c3ccccc3o2)c(C(=O)Nc2ccc(CCNC(=O)OC(C)(C)C)cc2)cc1OC. The Kier molecular flexibility index (Phi) is 9.34. The Hall–Kier alpha value is -5.32. The number of carbonyl (C=O) groups excluding carboxylic acids is 3. The van der Waals surface area contributed by atoms with E-state index in [-0.39, 0.29) is 39.5 Å². The van der Waals surface area contributed by atoms with Crippen molar-refractivity contribution in [2.24, 2.45) is 0 Å². The summed E-state index contributed by atoms with van der Waals surface area (Å²) >= 11 is 0. The molecule has 0 bridgehead atoms. The van der Waals surface area contributed by atoms with E-state index < -0.39 is 23.5 Å². The molecular weight excluding hydrogens is 554 g/mol. The van der Waals surface area contributed by atoms with E-state index in [1.807, 2.05) is 12.1 Å². The van der Waals surface area contributed by atoms with Gasteiger partial charge in [0.2, 0.25) is 0 Å². The molecule has 0 saturated carbocycles. The number of benzene rings is 3. The number of nitrogens with one attached hydrogen (secondary N) is 3. The van der Waals surface area contributed by atoms with Gasteiger partial charge in [-0.25, -0.2) is 4.79 Å². The van der Waals surface area contributed by atoms with Crippen LogP contribution in [0.3, 0.4) is 0 Å². The number of fused-ring (bicyclic) bond motifs is 1. The lowest BCUT2D eigenvalue weighted by atomic mass is 10.1. The van der Waals surface area contributed by atoms with Gasteiger partial charge >= 0.3 is 6.09 Å². The molecule has 0 radical (unpaired) electrons. The molecule has 0 unspecified atom stereocenters. The van der Waals surface area contributed by atoms with E-state index in [1.54, 1.807) is 57.2 Å². The highest BCUT2D eigenvalue weighted by atomic mass is 16.6. The lowest BCUT2D eigenvalue weighted by molar-refractivity contribution is 0.0528. The minimum atomic E-state index is -0.728. The molecular formula is C32H33N3O8. The standard InChI is InChI=1S/C32H33N3O8/c1-32(2,3)43-31(39)33-15-14-19-10-12-20(13-11-19)34-29(37)22-16-26(40-4)27(41-5)17-23(22)35-30(38)28-18-24(36)21-8-6-7-9-25(21)42-28/h6-13,16-18H,14-15H2,1-5H3,(H,33,39)(H,34,37)(H,35,38). The number of carbonyl (C=O) groups is 3. The Morgan fingerprint density at radius 1 is 0.837 bits per heavy atom. The van der Waals surface area contributed by atoms with Gasteiger partial charge in [-0.1, -0.05) is 24.3 Å². The summed E-state index contributed by atoms with van der Waals surface area (Å²) in [5.41, 5.74) is 0.940. The van der Waals surface area contributed by atoms with Crippen LogP contribution in [0.4, 0.5) is 16.2 Å². The fraction of sp³-hybridized carbons (Fsp3) is 0.250. The van der Waals surface area contributed by atoms with E-state index in [0.717, 1.165) is 11.6 Å². The van der Waals surface area contributed by atoms with E-state index in [0.29, 0.717) is 24.0 Å². The molecule has 0 aliphatic carbocycles. The minimum Gasteiger partial charge on any atom is -0.493 e. The molecule has 0 aliphatic rings. The summed E-state index contributed by atoms with van der Waals surface area (Å²) in [6, 6.07) is 17.7. The van der Waals surface area contributed by atoms with Gasteiger partial charge in [0.15, 0.2) is 22.7 Å². The molecule has 3 amide bonds. The first-order chi connectivity index (χ1) is 20.5. The maximum absolute atomic E-state index is 13.4. The first kappa shape index (κ1) is 30.6. The van der Waals surface area contributed by atoms with Crippen molar-refractivity contribution in [3.05, 3.63) is 93.8 Å². The number of hydrogen-bond donors (Lipinski definition) is 3. The van der Waals surface area contributed by atoms with Crippen LogP contribution in [0.15, 0.2) is 75.9 Å². The number of ether oxygens (including phenoxy) is 3.